The van der Waals surface area contributed by atoms with Gasteiger partial charge in [-0.1, -0.05) is 41.9 Å². The Morgan fingerprint density at radius 3 is 2.40 bits per heavy atom. The number of hydrogen-bond donors (Lipinski definition) is 0. The van der Waals surface area contributed by atoms with Crippen molar-refractivity contribution in [2.75, 3.05) is 0 Å². The molecular weight excluding hydrogens is 254 g/mol. The summed E-state index contributed by atoms with van der Waals surface area (Å²) in [4.78, 5) is 4.43. The molecule has 2 nitrogen and oxygen atoms in total. The van der Waals surface area contributed by atoms with Crippen molar-refractivity contribution >= 4 is 15.9 Å². The van der Waals surface area contributed by atoms with Crippen LogP contribution in [-0.4, -0.2) is 4.98 Å². The molecule has 2 rings (SSSR count). The molecule has 0 spiro atoms. The second-order valence-electron chi connectivity index (χ2n) is 3.73. The van der Waals surface area contributed by atoms with Crippen LogP contribution in [-0.2, 0) is 0 Å². The van der Waals surface area contributed by atoms with Gasteiger partial charge in [0.2, 0.25) is 0 Å². The molecule has 0 bridgehead atoms. The van der Waals surface area contributed by atoms with Crippen LogP contribution in [0.4, 0.5) is 0 Å². The molecule has 0 unspecified atom stereocenters. The third-order valence-corrected chi connectivity index (χ3v) is 2.68. The van der Waals surface area contributed by atoms with Crippen molar-refractivity contribution in [3.05, 3.63) is 40.9 Å². The summed E-state index contributed by atoms with van der Waals surface area (Å²) in [6, 6.07) is 8.04. The van der Waals surface area contributed by atoms with E-state index < -0.39 is 0 Å². The fraction of sp³-hybridized carbons (Fsp3) is 0.250. The van der Waals surface area contributed by atoms with Gasteiger partial charge in [0, 0.05) is 16.0 Å². The predicted octanol–water partition coefficient (Wildman–Crippen LogP) is 4.23. The third-order valence-electron chi connectivity index (χ3n) is 2.16. The number of hydrogen-bond acceptors (Lipinski definition) is 2. The molecule has 0 aliphatic carbocycles. The molecular formula is C12H12BrNO. The van der Waals surface area contributed by atoms with Gasteiger partial charge >= 0.3 is 0 Å². The summed E-state index contributed by atoms with van der Waals surface area (Å²) in [5, 5.41) is 0. The van der Waals surface area contributed by atoms with Crippen LogP contribution in [0.5, 0.6) is 0 Å². The first-order valence-electron chi connectivity index (χ1n) is 4.88. The highest BCUT2D eigenvalue weighted by molar-refractivity contribution is 9.10. The van der Waals surface area contributed by atoms with Gasteiger partial charge in [-0.05, 0) is 12.1 Å². The van der Waals surface area contributed by atoms with Crippen molar-refractivity contribution in [3.8, 4) is 11.3 Å². The normalized spacial score (nSPS) is 10.9. The van der Waals surface area contributed by atoms with E-state index in [1.165, 1.54) is 0 Å². The molecule has 2 aromatic rings. The van der Waals surface area contributed by atoms with E-state index >= 15 is 0 Å². The van der Waals surface area contributed by atoms with Crippen LogP contribution in [0.1, 0.15) is 25.7 Å². The summed E-state index contributed by atoms with van der Waals surface area (Å²) in [6.07, 6.45) is 1.71. The first-order valence-corrected chi connectivity index (χ1v) is 5.67. The van der Waals surface area contributed by atoms with E-state index in [-0.39, 0.29) is 0 Å². The Hall–Kier alpha value is -1.09. The Kier molecular flexibility index (Phi) is 2.91. The molecule has 15 heavy (non-hydrogen) atoms. The highest BCUT2D eigenvalue weighted by Crippen LogP contribution is 2.23. The van der Waals surface area contributed by atoms with Crippen LogP contribution in [0, 0.1) is 0 Å². The van der Waals surface area contributed by atoms with Crippen LogP contribution in [0.2, 0.25) is 0 Å². The van der Waals surface area contributed by atoms with Crippen molar-refractivity contribution in [3.63, 3.8) is 0 Å². The average Bonchev–Trinajstić information content (AvgIpc) is 2.68. The molecule has 0 saturated heterocycles. The van der Waals surface area contributed by atoms with Crippen molar-refractivity contribution < 1.29 is 4.42 Å². The quantitative estimate of drug-likeness (QED) is 0.813. The molecule has 0 atom stereocenters. The molecule has 1 heterocycles. The van der Waals surface area contributed by atoms with Crippen LogP contribution in [0.3, 0.4) is 0 Å². The first kappa shape index (κ1) is 10.4. The Morgan fingerprint density at radius 2 is 1.87 bits per heavy atom. The summed E-state index contributed by atoms with van der Waals surface area (Å²) in [7, 11) is 0. The molecule has 0 aliphatic rings. The number of nitrogens with zero attached hydrogens (tertiary/aromatic N) is 1. The molecule has 0 saturated carbocycles. The van der Waals surface area contributed by atoms with Crippen molar-refractivity contribution in [1.82, 2.24) is 4.98 Å². The zero-order valence-electron chi connectivity index (χ0n) is 8.70. The van der Waals surface area contributed by atoms with Crippen molar-refractivity contribution in [1.29, 1.82) is 0 Å². The highest BCUT2D eigenvalue weighted by atomic mass is 79.9. The topological polar surface area (TPSA) is 26.0 Å². The number of halogens is 1. The van der Waals surface area contributed by atoms with E-state index in [0.717, 1.165) is 21.6 Å². The zero-order chi connectivity index (χ0) is 10.8. The SMILES string of the molecule is CC(C)c1nc(-c2ccc(Br)cc2)co1. The smallest absolute Gasteiger partial charge is 0.197 e. The molecule has 0 aliphatic heterocycles. The molecule has 0 fully saturated rings. The summed E-state index contributed by atoms with van der Waals surface area (Å²) in [5.74, 6) is 1.11. The second kappa shape index (κ2) is 4.19. The minimum atomic E-state index is 0.328. The van der Waals surface area contributed by atoms with Gasteiger partial charge in [0.25, 0.3) is 0 Å². The molecule has 0 amide bonds. The molecule has 1 aromatic carbocycles. The second-order valence-corrected chi connectivity index (χ2v) is 4.65. The van der Waals surface area contributed by atoms with E-state index in [4.69, 9.17) is 4.42 Å². The predicted molar refractivity (Wildman–Crippen MR) is 63.7 cm³/mol. The molecule has 78 valence electrons. The maximum Gasteiger partial charge on any atom is 0.197 e. The van der Waals surface area contributed by atoms with Gasteiger partial charge in [0.15, 0.2) is 5.89 Å². The Bertz CT molecular complexity index is 445. The van der Waals surface area contributed by atoms with Gasteiger partial charge in [0.05, 0.1) is 0 Å². The maximum absolute atomic E-state index is 5.39. The van der Waals surface area contributed by atoms with Crippen molar-refractivity contribution in [2.24, 2.45) is 0 Å². The minimum absolute atomic E-state index is 0.328. The largest absolute Gasteiger partial charge is 0.448 e. The van der Waals surface area contributed by atoms with Gasteiger partial charge in [-0.25, -0.2) is 4.98 Å². The third kappa shape index (κ3) is 2.29. The van der Waals surface area contributed by atoms with E-state index in [9.17, 15) is 0 Å². The lowest BCUT2D eigenvalue weighted by Crippen LogP contribution is -1.86. The van der Waals surface area contributed by atoms with Crippen LogP contribution >= 0.6 is 15.9 Å². The monoisotopic (exact) mass is 265 g/mol. The number of aromatic nitrogens is 1. The lowest BCUT2D eigenvalue weighted by molar-refractivity contribution is 0.471. The summed E-state index contributed by atoms with van der Waals surface area (Å²) >= 11 is 3.40. The van der Waals surface area contributed by atoms with E-state index in [1.807, 2.05) is 24.3 Å². The van der Waals surface area contributed by atoms with E-state index in [1.54, 1.807) is 6.26 Å². The standard InChI is InChI=1S/C12H12BrNO/c1-8(2)12-14-11(7-15-12)9-3-5-10(13)6-4-9/h3-8H,1-2H3. The highest BCUT2D eigenvalue weighted by Gasteiger charge is 2.08. The fourth-order valence-corrected chi connectivity index (χ4v) is 1.57. The van der Waals surface area contributed by atoms with Gasteiger partial charge in [-0.3, -0.25) is 0 Å². The average molecular weight is 266 g/mol. The van der Waals surface area contributed by atoms with Crippen LogP contribution in [0.15, 0.2) is 39.4 Å². The number of benzene rings is 1. The van der Waals surface area contributed by atoms with Crippen LogP contribution < -0.4 is 0 Å². The van der Waals surface area contributed by atoms with Crippen LogP contribution in [0.25, 0.3) is 11.3 Å². The van der Waals surface area contributed by atoms with E-state index in [2.05, 4.69) is 34.8 Å². The van der Waals surface area contributed by atoms with Gasteiger partial charge in [-0.15, -0.1) is 0 Å². The molecule has 3 heteroatoms. The minimum Gasteiger partial charge on any atom is -0.448 e. The van der Waals surface area contributed by atoms with Gasteiger partial charge in [-0.2, -0.15) is 0 Å². The zero-order valence-corrected chi connectivity index (χ0v) is 10.3. The van der Waals surface area contributed by atoms with Gasteiger partial charge < -0.3 is 4.42 Å². The number of oxazole rings is 1. The Morgan fingerprint density at radius 1 is 1.20 bits per heavy atom. The molecule has 0 radical (unpaired) electrons. The molecule has 0 N–H and O–H groups in total. The lowest BCUT2D eigenvalue weighted by atomic mass is 10.2. The summed E-state index contributed by atoms with van der Waals surface area (Å²) < 4.78 is 6.46. The Labute approximate surface area is 97.5 Å². The summed E-state index contributed by atoms with van der Waals surface area (Å²) in [6.45, 7) is 4.13. The fourth-order valence-electron chi connectivity index (χ4n) is 1.31. The van der Waals surface area contributed by atoms with Gasteiger partial charge in [0.1, 0.15) is 12.0 Å². The maximum atomic E-state index is 5.39. The van der Waals surface area contributed by atoms with E-state index in [0.29, 0.717) is 5.92 Å². The number of rotatable bonds is 2. The first-order chi connectivity index (χ1) is 7.16. The lowest BCUT2D eigenvalue weighted by Gasteiger charge is -1.96. The molecule has 1 aromatic heterocycles. The van der Waals surface area contributed by atoms with Crippen molar-refractivity contribution in [2.45, 2.75) is 19.8 Å². The Balaban J connectivity index is 2.33. The summed E-state index contributed by atoms with van der Waals surface area (Å²) in [5.41, 5.74) is 1.97.